The van der Waals surface area contributed by atoms with Crippen molar-refractivity contribution < 1.29 is 4.74 Å². The Balaban J connectivity index is 2.05. The predicted molar refractivity (Wildman–Crippen MR) is 81.4 cm³/mol. The average molecular weight is 271 g/mol. The summed E-state index contributed by atoms with van der Waals surface area (Å²) in [5.41, 5.74) is 1.29. The van der Waals surface area contributed by atoms with Crippen molar-refractivity contribution in [3.8, 4) is 11.6 Å². The van der Waals surface area contributed by atoms with Crippen molar-refractivity contribution in [3.05, 3.63) is 42.2 Å². The molecule has 0 saturated carbocycles. The van der Waals surface area contributed by atoms with Gasteiger partial charge in [-0.15, -0.1) is 0 Å². The largest absolute Gasteiger partial charge is 0.437 e. The molecular weight excluding hydrogens is 250 g/mol. The predicted octanol–water partition coefficient (Wildman–Crippen LogP) is 4.21. The molecule has 0 aliphatic heterocycles. The van der Waals surface area contributed by atoms with Crippen LogP contribution in [-0.4, -0.2) is 16.5 Å². The molecule has 0 spiro atoms. The van der Waals surface area contributed by atoms with Crippen LogP contribution in [-0.2, 0) is 0 Å². The second kappa shape index (κ2) is 6.89. The zero-order valence-electron chi connectivity index (χ0n) is 12.3. The van der Waals surface area contributed by atoms with Crippen molar-refractivity contribution in [2.45, 2.75) is 33.1 Å². The first kappa shape index (κ1) is 14.3. The quantitative estimate of drug-likeness (QED) is 0.854. The minimum Gasteiger partial charge on any atom is -0.437 e. The highest BCUT2D eigenvalue weighted by molar-refractivity contribution is 5.35. The number of hydrogen-bond donors (Lipinski definition) is 1. The lowest BCUT2D eigenvalue weighted by atomic mass is 10.0. The summed E-state index contributed by atoms with van der Waals surface area (Å²) in [6.45, 7) is 7.33. The van der Waals surface area contributed by atoms with Crippen LogP contribution in [0.5, 0.6) is 11.6 Å². The van der Waals surface area contributed by atoms with E-state index < -0.39 is 0 Å². The minimum absolute atomic E-state index is 0.503. The summed E-state index contributed by atoms with van der Waals surface area (Å²) in [6.07, 6.45) is 4.36. The van der Waals surface area contributed by atoms with Crippen LogP contribution >= 0.6 is 0 Å². The number of aromatic nitrogens is 2. The van der Waals surface area contributed by atoms with Gasteiger partial charge in [-0.05, 0) is 30.0 Å². The second-order valence-electron chi connectivity index (χ2n) is 5.00. The molecule has 20 heavy (non-hydrogen) atoms. The molecule has 0 atom stereocenters. The summed E-state index contributed by atoms with van der Waals surface area (Å²) in [7, 11) is 0. The van der Waals surface area contributed by atoms with E-state index in [1.807, 2.05) is 12.1 Å². The maximum absolute atomic E-state index is 5.72. The smallest absolute Gasteiger partial charge is 0.239 e. The van der Waals surface area contributed by atoms with Crippen molar-refractivity contribution >= 4 is 5.82 Å². The first-order valence-electron chi connectivity index (χ1n) is 7.02. The number of rotatable bonds is 6. The maximum atomic E-state index is 5.72. The number of hydrogen-bond acceptors (Lipinski definition) is 4. The van der Waals surface area contributed by atoms with E-state index in [4.69, 9.17) is 4.74 Å². The van der Waals surface area contributed by atoms with E-state index in [-0.39, 0.29) is 0 Å². The highest BCUT2D eigenvalue weighted by Crippen LogP contribution is 2.22. The Labute approximate surface area is 120 Å². The molecule has 1 heterocycles. The van der Waals surface area contributed by atoms with Gasteiger partial charge in [0.1, 0.15) is 11.6 Å². The van der Waals surface area contributed by atoms with Gasteiger partial charge in [0.25, 0.3) is 0 Å². The van der Waals surface area contributed by atoms with E-state index in [0.29, 0.717) is 11.8 Å². The van der Waals surface area contributed by atoms with E-state index in [1.165, 1.54) is 5.56 Å². The monoisotopic (exact) mass is 271 g/mol. The van der Waals surface area contributed by atoms with Crippen LogP contribution in [0.25, 0.3) is 0 Å². The van der Waals surface area contributed by atoms with Crippen LogP contribution in [0, 0.1) is 0 Å². The number of ether oxygens (including phenoxy) is 1. The molecule has 106 valence electrons. The van der Waals surface area contributed by atoms with E-state index in [1.54, 1.807) is 12.4 Å². The number of nitrogens with one attached hydrogen (secondary N) is 1. The minimum atomic E-state index is 0.503. The van der Waals surface area contributed by atoms with Crippen LogP contribution in [0.15, 0.2) is 36.7 Å². The molecule has 4 heteroatoms. The molecule has 0 fully saturated rings. The van der Waals surface area contributed by atoms with Gasteiger partial charge in [-0.1, -0.05) is 32.9 Å². The van der Waals surface area contributed by atoms with Crippen LogP contribution in [0.3, 0.4) is 0 Å². The van der Waals surface area contributed by atoms with Crippen LogP contribution in [0.1, 0.15) is 38.7 Å². The highest BCUT2D eigenvalue weighted by Gasteiger charge is 2.03. The molecule has 1 aromatic heterocycles. The lowest BCUT2D eigenvalue weighted by Gasteiger charge is -2.09. The Morgan fingerprint density at radius 2 is 1.90 bits per heavy atom. The maximum Gasteiger partial charge on any atom is 0.239 e. The molecule has 2 aromatic rings. The average Bonchev–Trinajstić information content (AvgIpc) is 2.46. The van der Waals surface area contributed by atoms with Crippen LogP contribution in [0.2, 0.25) is 0 Å². The van der Waals surface area contributed by atoms with E-state index in [9.17, 15) is 0 Å². The molecule has 1 N–H and O–H groups in total. The fraction of sp³-hybridized carbons (Fsp3) is 0.375. The lowest BCUT2D eigenvalue weighted by Crippen LogP contribution is -2.03. The fourth-order valence-electron chi connectivity index (χ4n) is 1.78. The third-order valence-electron chi connectivity index (χ3n) is 2.94. The topological polar surface area (TPSA) is 47.0 Å². The van der Waals surface area contributed by atoms with Gasteiger partial charge in [-0.3, -0.25) is 4.98 Å². The van der Waals surface area contributed by atoms with Gasteiger partial charge in [0.2, 0.25) is 5.88 Å². The van der Waals surface area contributed by atoms with Crippen molar-refractivity contribution in [2.75, 3.05) is 11.9 Å². The van der Waals surface area contributed by atoms with E-state index >= 15 is 0 Å². The molecule has 0 saturated heterocycles. The first-order chi connectivity index (χ1) is 9.69. The molecule has 4 nitrogen and oxygen atoms in total. The Kier molecular flexibility index (Phi) is 4.93. The number of anilines is 1. The van der Waals surface area contributed by atoms with E-state index in [0.717, 1.165) is 24.5 Å². The van der Waals surface area contributed by atoms with Crippen molar-refractivity contribution in [2.24, 2.45) is 0 Å². The fourth-order valence-corrected chi connectivity index (χ4v) is 1.78. The molecule has 2 rings (SSSR count). The molecule has 0 amide bonds. The number of nitrogens with zero attached hydrogens (tertiary/aromatic N) is 2. The van der Waals surface area contributed by atoms with Crippen LogP contribution in [0.4, 0.5) is 5.82 Å². The standard InChI is InChI=1S/C16H21N3O/c1-4-9-18-15-10-17-11-16(19-15)20-14-7-5-13(6-8-14)12(2)3/h5-8,10-12H,4,9H2,1-3H3,(H,18,19). The normalized spacial score (nSPS) is 10.6. The number of benzene rings is 1. The van der Waals surface area contributed by atoms with Gasteiger partial charge >= 0.3 is 0 Å². The molecule has 0 radical (unpaired) electrons. The molecule has 0 aliphatic rings. The molecule has 0 unspecified atom stereocenters. The van der Waals surface area contributed by atoms with Crippen molar-refractivity contribution in [1.82, 2.24) is 9.97 Å². The summed E-state index contributed by atoms with van der Waals surface area (Å²) >= 11 is 0. The van der Waals surface area contributed by atoms with Gasteiger partial charge in [0.05, 0.1) is 12.4 Å². The van der Waals surface area contributed by atoms with Gasteiger partial charge in [-0.2, -0.15) is 4.98 Å². The van der Waals surface area contributed by atoms with Crippen molar-refractivity contribution in [3.63, 3.8) is 0 Å². The third-order valence-corrected chi connectivity index (χ3v) is 2.94. The Morgan fingerprint density at radius 1 is 1.15 bits per heavy atom. The summed E-state index contributed by atoms with van der Waals surface area (Å²) in [6, 6.07) is 8.07. The Morgan fingerprint density at radius 3 is 2.55 bits per heavy atom. The van der Waals surface area contributed by atoms with Crippen LogP contribution < -0.4 is 10.1 Å². The van der Waals surface area contributed by atoms with Gasteiger partial charge < -0.3 is 10.1 Å². The third kappa shape index (κ3) is 3.95. The highest BCUT2D eigenvalue weighted by atomic mass is 16.5. The summed E-state index contributed by atoms with van der Waals surface area (Å²) in [5.74, 6) is 2.54. The Bertz CT molecular complexity index is 538. The van der Waals surface area contributed by atoms with Gasteiger partial charge in [0.15, 0.2) is 0 Å². The SMILES string of the molecule is CCCNc1cncc(Oc2ccc(C(C)C)cc2)n1. The van der Waals surface area contributed by atoms with Gasteiger partial charge in [0, 0.05) is 6.54 Å². The molecule has 0 bridgehead atoms. The zero-order valence-corrected chi connectivity index (χ0v) is 12.3. The molecular formula is C16H21N3O. The Hall–Kier alpha value is -2.10. The van der Waals surface area contributed by atoms with Gasteiger partial charge in [-0.25, -0.2) is 0 Å². The molecule has 1 aromatic carbocycles. The van der Waals surface area contributed by atoms with E-state index in [2.05, 4.69) is 48.2 Å². The second-order valence-corrected chi connectivity index (χ2v) is 5.00. The summed E-state index contributed by atoms with van der Waals surface area (Å²) < 4.78 is 5.72. The lowest BCUT2D eigenvalue weighted by molar-refractivity contribution is 0.460. The molecule has 0 aliphatic carbocycles. The summed E-state index contributed by atoms with van der Waals surface area (Å²) in [4.78, 5) is 8.50. The summed E-state index contributed by atoms with van der Waals surface area (Å²) in [5, 5.41) is 3.19. The van der Waals surface area contributed by atoms with Crippen molar-refractivity contribution in [1.29, 1.82) is 0 Å². The zero-order chi connectivity index (χ0) is 14.4. The first-order valence-corrected chi connectivity index (χ1v) is 7.02.